The summed E-state index contributed by atoms with van der Waals surface area (Å²) in [5.41, 5.74) is 6.59. The Morgan fingerprint density at radius 2 is 1.84 bits per heavy atom. The SMILES string of the molecule is NC(=O)c1cn(Cc2ccc(OCCF)cc2)c2ccccc2c1=O. The predicted octanol–water partition coefficient (Wildman–Crippen LogP) is 2.50. The van der Waals surface area contributed by atoms with Gasteiger partial charge in [0, 0.05) is 18.1 Å². The molecule has 0 saturated carbocycles. The Balaban J connectivity index is 1.99. The van der Waals surface area contributed by atoms with Gasteiger partial charge in [-0.1, -0.05) is 24.3 Å². The van der Waals surface area contributed by atoms with Crippen molar-refractivity contribution >= 4 is 16.8 Å². The fourth-order valence-corrected chi connectivity index (χ4v) is 2.70. The van der Waals surface area contributed by atoms with E-state index in [0.717, 1.165) is 11.1 Å². The van der Waals surface area contributed by atoms with E-state index in [9.17, 15) is 14.0 Å². The first-order chi connectivity index (χ1) is 12.1. The number of hydrogen-bond donors (Lipinski definition) is 1. The van der Waals surface area contributed by atoms with Gasteiger partial charge >= 0.3 is 0 Å². The Labute approximate surface area is 143 Å². The van der Waals surface area contributed by atoms with E-state index < -0.39 is 12.6 Å². The van der Waals surface area contributed by atoms with Gasteiger partial charge in [0.25, 0.3) is 5.91 Å². The van der Waals surface area contributed by atoms with Crippen LogP contribution in [0.2, 0.25) is 0 Å². The van der Waals surface area contributed by atoms with Gasteiger partial charge in [-0.3, -0.25) is 9.59 Å². The maximum Gasteiger partial charge on any atom is 0.254 e. The number of nitrogens with two attached hydrogens (primary N) is 1. The van der Waals surface area contributed by atoms with E-state index in [0.29, 0.717) is 17.7 Å². The number of pyridine rings is 1. The minimum absolute atomic E-state index is 0.0195. The third-order valence-corrected chi connectivity index (χ3v) is 3.88. The number of carbonyl (C=O) groups excluding carboxylic acids is 1. The molecule has 0 aliphatic carbocycles. The van der Waals surface area contributed by atoms with E-state index in [1.165, 1.54) is 6.20 Å². The lowest BCUT2D eigenvalue weighted by molar-refractivity contribution is 0.0999. The number of carbonyl (C=O) groups is 1. The lowest BCUT2D eigenvalue weighted by atomic mass is 10.1. The first kappa shape index (κ1) is 16.7. The maximum absolute atomic E-state index is 12.4. The van der Waals surface area contributed by atoms with Crippen molar-refractivity contribution in [3.8, 4) is 5.75 Å². The van der Waals surface area contributed by atoms with Crippen LogP contribution >= 0.6 is 0 Å². The van der Waals surface area contributed by atoms with Crippen LogP contribution in [0, 0.1) is 0 Å². The number of primary amides is 1. The van der Waals surface area contributed by atoms with Crippen molar-refractivity contribution < 1.29 is 13.9 Å². The molecule has 0 fully saturated rings. The molecule has 25 heavy (non-hydrogen) atoms. The second-order valence-corrected chi connectivity index (χ2v) is 5.56. The van der Waals surface area contributed by atoms with Crippen LogP contribution in [0.1, 0.15) is 15.9 Å². The highest BCUT2D eigenvalue weighted by atomic mass is 19.1. The molecule has 0 atom stereocenters. The number of fused-ring (bicyclic) bond motifs is 1. The zero-order valence-electron chi connectivity index (χ0n) is 13.4. The van der Waals surface area contributed by atoms with Crippen molar-refractivity contribution in [3.63, 3.8) is 0 Å². The van der Waals surface area contributed by atoms with Crippen LogP contribution in [0.3, 0.4) is 0 Å². The van der Waals surface area contributed by atoms with Crippen molar-refractivity contribution in [1.82, 2.24) is 4.57 Å². The molecular weight excluding hydrogens is 323 g/mol. The molecule has 0 aliphatic rings. The quantitative estimate of drug-likeness (QED) is 0.749. The first-order valence-electron chi connectivity index (χ1n) is 7.80. The molecule has 1 heterocycles. The van der Waals surface area contributed by atoms with Crippen LogP contribution in [0.5, 0.6) is 5.75 Å². The Morgan fingerprint density at radius 1 is 1.12 bits per heavy atom. The Bertz CT molecular complexity index is 965. The van der Waals surface area contributed by atoms with Gasteiger partial charge in [0.05, 0.1) is 5.52 Å². The molecule has 0 radical (unpaired) electrons. The molecule has 2 aromatic carbocycles. The van der Waals surface area contributed by atoms with Crippen LogP contribution in [0.4, 0.5) is 4.39 Å². The van der Waals surface area contributed by atoms with Gasteiger partial charge in [-0.15, -0.1) is 0 Å². The minimum Gasteiger partial charge on any atom is -0.491 e. The van der Waals surface area contributed by atoms with Gasteiger partial charge < -0.3 is 15.0 Å². The van der Waals surface area contributed by atoms with E-state index in [2.05, 4.69) is 0 Å². The Kier molecular flexibility index (Phi) is 4.79. The van der Waals surface area contributed by atoms with Crippen molar-refractivity contribution in [2.24, 2.45) is 5.73 Å². The molecule has 128 valence electrons. The van der Waals surface area contributed by atoms with E-state index in [-0.39, 0.29) is 17.6 Å². The summed E-state index contributed by atoms with van der Waals surface area (Å²) in [7, 11) is 0. The van der Waals surface area contributed by atoms with Crippen molar-refractivity contribution in [1.29, 1.82) is 0 Å². The van der Waals surface area contributed by atoms with Gasteiger partial charge in [0.1, 0.15) is 24.6 Å². The largest absolute Gasteiger partial charge is 0.491 e. The third kappa shape index (κ3) is 3.52. The van der Waals surface area contributed by atoms with Gasteiger partial charge in [0.2, 0.25) is 5.43 Å². The van der Waals surface area contributed by atoms with Crippen LogP contribution < -0.4 is 15.9 Å². The van der Waals surface area contributed by atoms with Crippen molar-refractivity contribution in [2.75, 3.05) is 13.3 Å². The summed E-state index contributed by atoms with van der Waals surface area (Å²) in [6.07, 6.45) is 1.49. The summed E-state index contributed by atoms with van der Waals surface area (Å²) in [4.78, 5) is 23.9. The first-order valence-corrected chi connectivity index (χ1v) is 7.80. The summed E-state index contributed by atoms with van der Waals surface area (Å²) >= 11 is 0. The number of aromatic nitrogens is 1. The molecular formula is C19H17FN2O3. The molecule has 1 aromatic heterocycles. The van der Waals surface area contributed by atoms with E-state index in [1.807, 2.05) is 28.8 Å². The summed E-state index contributed by atoms with van der Waals surface area (Å²) in [5, 5.41) is 0.446. The molecule has 0 bridgehead atoms. The number of ether oxygens (including phenoxy) is 1. The zero-order valence-corrected chi connectivity index (χ0v) is 13.4. The summed E-state index contributed by atoms with van der Waals surface area (Å²) in [5.74, 6) is -0.163. The molecule has 0 aliphatic heterocycles. The van der Waals surface area contributed by atoms with Gasteiger partial charge in [-0.05, 0) is 29.8 Å². The molecule has 6 heteroatoms. The Morgan fingerprint density at radius 3 is 2.52 bits per heavy atom. The zero-order chi connectivity index (χ0) is 17.8. The van der Waals surface area contributed by atoms with Crippen LogP contribution in [-0.2, 0) is 6.54 Å². The molecule has 3 aromatic rings. The molecule has 3 rings (SSSR count). The molecule has 0 unspecified atom stereocenters. The highest BCUT2D eigenvalue weighted by Gasteiger charge is 2.12. The fraction of sp³-hybridized carbons (Fsp3) is 0.158. The Hall–Kier alpha value is -3.15. The topological polar surface area (TPSA) is 74.3 Å². The van der Waals surface area contributed by atoms with Crippen LogP contribution in [-0.4, -0.2) is 23.8 Å². The second-order valence-electron chi connectivity index (χ2n) is 5.56. The average Bonchev–Trinajstić information content (AvgIpc) is 2.63. The fourth-order valence-electron chi connectivity index (χ4n) is 2.70. The lowest BCUT2D eigenvalue weighted by Gasteiger charge is -2.13. The smallest absolute Gasteiger partial charge is 0.254 e. The number of hydrogen-bond acceptors (Lipinski definition) is 3. The van der Waals surface area contributed by atoms with E-state index in [4.69, 9.17) is 10.5 Å². The summed E-state index contributed by atoms with van der Waals surface area (Å²) < 4.78 is 19.2. The second kappa shape index (κ2) is 7.17. The summed E-state index contributed by atoms with van der Waals surface area (Å²) in [6, 6.07) is 14.3. The van der Waals surface area contributed by atoms with Gasteiger partial charge in [0.15, 0.2) is 0 Å². The standard InChI is InChI=1S/C19H17FN2O3/c20-9-10-25-14-7-5-13(6-8-14)11-22-12-16(19(21)24)18(23)15-3-1-2-4-17(15)22/h1-8,12H,9-11H2,(H2,21,24). The number of rotatable bonds is 6. The van der Waals surface area contributed by atoms with E-state index in [1.54, 1.807) is 24.3 Å². The third-order valence-electron chi connectivity index (χ3n) is 3.88. The normalized spacial score (nSPS) is 10.8. The minimum atomic E-state index is -0.750. The highest BCUT2D eigenvalue weighted by molar-refractivity contribution is 5.96. The van der Waals surface area contributed by atoms with Crippen molar-refractivity contribution in [3.05, 3.63) is 76.1 Å². The molecule has 0 saturated heterocycles. The summed E-state index contributed by atoms with van der Waals surface area (Å²) in [6.45, 7) is -0.0723. The number of amides is 1. The van der Waals surface area contributed by atoms with Gasteiger partial charge in [-0.2, -0.15) is 0 Å². The molecule has 1 amide bonds. The maximum atomic E-state index is 12.4. The van der Waals surface area contributed by atoms with Crippen molar-refractivity contribution in [2.45, 2.75) is 6.54 Å². The number of para-hydroxylation sites is 1. The molecule has 5 nitrogen and oxygen atoms in total. The lowest BCUT2D eigenvalue weighted by Crippen LogP contribution is -2.24. The number of nitrogens with zero attached hydrogens (tertiary/aromatic N) is 1. The van der Waals surface area contributed by atoms with Crippen LogP contribution in [0.15, 0.2) is 59.5 Å². The van der Waals surface area contributed by atoms with Gasteiger partial charge in [-0.25, -0.2) is 4.39 Å². The average molecular weight is 340 g/mol. The molecule has 0 spiro atoms. The monoisotopic (exact) mass is 340 g/mol. The molecule has 2 N–H and O–H groups in total. The number of benzene rings is 2. The van der Waals surface area contributed by atoms with Crippen LogP contribution in [0.25, 0.3) is 10.9 Å². The number of alkyl halides is 1. The highest BCUT2D eigenvalue weighted by Crippen LogP contribution is 2.17. The predicted molar refractivity (Wildman–Crippen MR) is 93.7 cm³/mol. The van der Waals surface area contributed by atoms with E-state index >= 15 is 0 Å². The number of halogens is 1.